The van der Waals surface area contributed by atoms with E-state index in [1.807, 2.05) is 14.1 Å². The predicted octanol–water partition coefficient (Wildman–Crippen LogP) is 0.722. The van der Waals surface area contributed by atoms with Crippen molar-refractivity contribution in [1.82, 2.24) is 9.88 Å². The molecule has 2 heterocycles. The topological polar surface area (TPSA) is 51.6 Å². The van der Waals surface area contributed by atoms with Gasteiger partial charge in [-0.3, -0.25) is 15.6 Å². The predicted molar refractivity (Wildman–Crippen MR) is 54.4 cm³/mol. The Morgan fingerprint density at radius 1 is 1.50 bits per heavy atom. The second-order valence-electron chi connectivity index (χ2n) is 3.63. The summed E-state index contributed by atoms with van der Waals surface area (Å²) in [5, 5.41) is 8.95. The summed E-state index contributed by atoms with van der Waals surface area (Å²) in [6.45, 7) is 1.66. The largest absolute Gasteiger partial charge is 0.346 e. The third-order valence-corrected chi connectivity index (χ3v) is 2.40. The molecule has 0 spiro atoms. The van der Waals surface area contributed by atoms with Crippen molar-refractivity contribution in [3.8, 4) is 0 Å². The van der Waals surface area contributed by atoms with Crippen LogP contribution in [-0.2, 0) is 6.54 Å². The molecule has 0 amide bonds. The standard InChI is InChI=1S/C9H14N4O/c1-12-5-7-8(11-14)3-4-10-9(7)13(2)6-12/h3-4,14H,5-6H2,1-2H3,(H,10,11). The van der Waals surface area contributed by atoms with Gasteiger partial charge < -0.3 is 4.90 Å². The lowest BCUT2D eigenvalue weighted by Crippen LogP contribution is -2.38. The van der Waals surface area contributed by atoms with Crippen molar-refractivity contribution in [2.24, 2.45) is 0 Å². The minimum atomic E-state index is 0.730. The molecule has 0 bridgehead atoms. The van der Waals surface area contributed by atoms with Crippen LogP contribution in [0.4, 0.5) is 11.5 Å². The molecule has 76 valence electrons. The van der Waals surface area contributed by atoms with E-state index < -0.39 is 0 Å². The maximum absolute atomic E-state index is 8.95. The van der Waals surface area contributed by atoms with Crippen molar-refractivity contribution in [2.45, 2.75) is 6.54 Å². The average Bonchev–Trinajstić information content (AvgIpc) is 2.17. The highest BCUT2D eigenvalue weighted by atomic mass is 16.5. The molecule has 5 nitrogen and oxygen atoms in total. The van der Waals surface area contributed by atoms with Crippen molar-refractivity contribution >= 4 is 11.5 Å². The van der Waals surface area contributed by atoms with Crippen molar-refractivity contribution in [1.29, 1.82) is 0 Å². The zero-order valence-electron chi connectivity index (χ0n) is 8.36. The van der Waals surface area contributed by atoms with E-state index in [0.29, 0.717) is 0 Å². The number of nitrogens with zero attached hydrogens (tertiary/aromatic N) is 3. The zero-order valence-corrected chi connectivity index (χ0v) is 8.36. The Balaban J connectivity index is 2.47. The summed E-state index contributed by atoms with van der Waals surface area (Å²) >= 11 is 0. The second-order valence-corrected chi connectivity index (χ2v) is 3.63. The zero-order chi connectivity index (χ0) is 10.1. The molecule has 0 fully saturated rings. The Bertz CT molecular complexity index is 342. The molecule has 2 rings (SSSR count). The first-order valence-electron chi connectivity index (χ1n) is 4.50. The number of hydrogen-bond acceptors (Lipinski definition) is 5. The van der Waals surface area contributed by atoms with Gasteiger partial charge in [0.25, 0.3) is 0 Å². The summed E-state index contributed by atoms with van der Waals surface area (Å²) in [6, 6.07) is 1.77. The van der Waals surface area contributed by atoms with Gasteiger partial charge in [0, 0.05) is 25.4 Å². The molecule has 1 aliphatic rings. The van der Waals surface area contributed by atoms with Crippen molar-refractivity contribution in [3.05, 3.63) is 17.8 Å². The quantitative estimate of drug-likeness (QED) is 0.645. The van der Waals surface area contributed by atoms with E-state index in [-0.39, 0.29) is 0 Å². The summed E-state index contributed by atoms with van der Waals surface area (Å²) in [5.41, 5.74) is 3.97. The van der Waals surface area contributed by atoms with E-state index in [2.05, 4.69) is 20.3 Å². The molecule has 0 saturated heterocycles. The first-order valence-corrected chi connectivity index (χ1v) is 4.50. The highest BCUT2D eigenvalue weighted by Crippen LogP contribution is 2.28. The van der Waals surface area contributed by atoms with Crippen LogP contribution < -0.4 is 10.4 Å². The number of fused-ring (bicyclic) bond motifs is 1. The fourth-order valence-corrected chi connectivity index (χ4v) is 1.82. The van der Waals surface area contributed by atoms with E-state index in [0.717, 1.165) is 30.3 Å². The van der Waals surface area contributed by atoms with E-state index in [4.69, 9.17) is 5.21 Å². The van der Waals surface area contributed by atoms with E-state index in [1.54, 1.807) is 12.3 Å². The lowest BCUT2D eigenvalue weighted by molar-refractivity contribution is 0.312. The molecule has 0 aliphatic carbocycles. The Hall–Kier alpha value is -1.33. The van der Waals surface area contributed by atoms with Crippen molar-refractivity contribution in [3.63, 3.8) is 0 Å². The number of aromatic nitrogens is 1. The van der Waals surface area contributed by atoms with Gasteiger partial charge in [-0.2, -0.15) is 0 Å². The summed E-state index contributed by atoms with van der Waals surface area (Å²) < 4.78 is 0. The van der Waals surface area contributed by atoms with Gasteiger partial charge in [0.15, 0.2) is 0 Å². The lowest BCUT2D eigenvalue weighted by Gasteiger charge is -2.33. The minimum absolute atomic E-state index is 0.730. The van der Waals surface area contributed by atoms with Crippen LogP contribution in [0.1, 0.15) is 5.56 Å². The molecule has 1 aromatic rings. The first-order chi connectivity index (χ1) is 6.72. The van der Waals surface area contributed by atoms with Crippen LogP contribution >= 0.6 is 0 Å². The molecule has 5 heteroatoms. The SMILES string of the molecule is CN1Cc2c(NO)ccnc2N(C)C1. The highest BCUT2D eigenvalue weighted by molar-refractivity contribution is 5.62. The Kier molecular flexibility index (Phi) is 2.26. The Labute approximate surface area is 82.9 Å². The highest BCUT2D eigenvalue weighted by Gasteiger charge is 2.20. The smallest absolute Gasteiger partial charge is 0.135 e. The summed E-state index contributed by atoms with van der Waals surface area (Å²) in [6.07, 6.45) is 1.69. The molecule has 2 N–H and O–H groups in total. The third kappa shape index (κ3) is 1.40. The van der Waals surface area contributed by atoms with E-state index >= 15 is 0 Å². The van der Waals surface area contributed by atoms with Gasteiger partial charge in [-0.1, -0.05) is 0 Å². The summed E-state index contributed by atoms with van der Waals surface area (Å²) in [7, 11) is 4.02. The fraction of sp³-hybridized carbons (Fsp3) is 0.444. The Morgan fingerprint density at radius 2 is 2.29 bits per heavy atom. The average molecular weight is 194 g/mol. The molecule has 0 atom stereocenters. The molecule has 1 aromatic heterocycles. The number of rotatable bonds is 1. The van der Waals surface area contributed by atoms with Gasteiger partial charge >= 0.3 is 0 Å². The van der Waals surface area contributed by atoms with Gasteiger partial charge in [0.2, 0.25) is 0 Å². The van der Waals surface area contributed by atoms with Gasteiger partial charge in [-0.25, -0.2) is 4.98 Å². The van der Waals surface area contributed by atoms with Crippen LogP contribution in [0.5, 0.6) is 0 Å². The van der Waals surface area contributed by atoms with Gasteiger partial charge in [0.05, 0.1) is 12.4 Å². The Morgan fingerprint density at radius 3 is 3.00 bits per heavy atom. The second kappa shape index (κ2) is 3.43. The molecule has 14 heavy (non-hydrogen) atoms. The monoisotopic (exact) mass is 194 g/mol. The first kappa shape index (κ1) is 9.23. The van der Waals surface area contributed by atoms with Gasteiger partial charge in [-0.05, 0) is 13.1 Å². The van der Waals surface area contributed by atoms with E-state index in [1.165, 1.54) is 0 Å². The number of hydrogen-bond donors (Lipinski definition) is 2. The third-order valence-electron chi connectivity index (χ3n) is 2.40. The lowest BCUT2D eigenvalue weighted by atomic mass is 10.1. The van der Waals surface area contributed by atoms with Gasteiger partial charge in [-0.15, -0.1) is 0 Å². The summed E-state index contributed by atoms with van der Waals surface area (Å²) in [5.74, 6) is 0.933. The summed E-state index contributed by atoms with van der Waals surface area (Å²) in [4.78, 5) is 8.50. The molecule has 0 radical (unpaired) electrons. The van der Waals surface area contributed by atoms with Crippen LogP contribution in [0.25, 0.3) is 0 Å². The normalized spacial score (nSPS) is 16.6. The van der Waals surface area contributed by atoms with Gasteiger partial charge in [0.1, 0.15) is 5.82 Å². The minimum Gasteiger partial charge on any atom is -0.346 e. The molecule has 0 unspecified atom stereocenters. The van der Waals surface area contributed by atoms with Crippen LogP contribution in [0.3, 0.4) is 0 Å². The number of nitrogens with one attached hydrogen (secondary N) is 1. The number of anilines is 2. The van der Waals surface area contributed by atoms with E-state index in [9.17, 15) is 0 Å². The van der Waals surface area contributed by atoms with Crippen LogP contribution in [0, 0.1) is 0 Å². The van der Waals surface area contributed by atoms with Crippen molar-refractivity contribution in [2.75, 3.05) is 31.1 Å². The molecular formula is C9H14N4O. The van der Waals surface area contributed by atoms with Crippen LogP contribution in [0.15, 0.2) is 12.3 Å². The van der Waals surface area contributed by atoms with Crippen LogP contribution in [-0.4, -0.2) is 35.9 Å². The van der Waals surface area contributed by atoms with Crippen LogP contribution in [0.2, 0.25) is 0 Å². The number of pyridine rings is 1. The molecule has 0 aromatic carbocycles. The molecule has 1 aliphatic heterocycles. The maximum atomic E-state index is 8.95. The molecule has 0 saturated carbocycles. The van der Waals surface area contributed by atoms with Crippen molar-refractivity contribution < 1.29 is 5.21 Å². The molecular weight excluding hydrogens is 180 g/mol. The maximum Gasteiger partial charge on any atom is 0.135 e. The fourth-order valence-electron chi connectivity index (χ4n) is 1.82.